The van der Waals surface area contributed by atoms with E-state index < -0.39 is 9.84 Å². The average molecular weight is 290 g/mol. The van der Waals surface area contributed by atoms with E-state index in [1.165, 1.54) is 18.7 Å². The Morgan fingerprint density at radius 3 is 2.89 bits per heavy atom. The quantitative estimate of drug-likeness (QED) is 0.738. The van der Waals surface area contributed by atoms with Crippen molar-refractivity contribution in [3.63, 3.8) is 0 Å². The first kappa shape index (κ1) is 13.5. The molecule has 2 rings (SSSR count). The number of ketones is 1. The van der Waals surface area contributed by atoms with E-state index in [0.717, 1.165) is 0 Å². The minimum Gasteiger partial charge on any atom is -0.416 e. The van der Waals surface area contributed by atoms with Gasteiger partial charge in [0.1, 0.15) is 5.78 Å². The van der Waals surface area contributed by atoms with Crippen LogP contribution in [0.1, 0.15) is 19.2 Å². The molecule has 0 radical (unpaired) electrons. The van der Waals surface area contributed by atoms with Crippen molar-refractivity contribution in [2.45, 2.75) is 25.0 Å². The molecule has 0 saturated carbocycles. The molecule has 0 spiro atoms. The molecule has 1 saturated heterocycles. The molecule has 0 amide bonds. The number of carbonyl (C=O) groups is 1. The van der Waals surface area contributed by atoms with Gasteiger partial charge in [-0.2, -0.15) is 0 Å². The van der Waals surface area contributed by atoms with Crippen molar-refractivity contribution < 1.29 is 17.6 Å². The van der Waals surface area contributed by atoms with E-state index in [0.29, 0.717) is 29.7 Å². The summed E-state index contributed by atoms with van der Waals surface area (Å²) < 4.78 is 28.0. The van der Waals surface area contributed by atoms with Gasteiger partial charge < -0.3 is 4.42 Å². The van der Waals surface area contributed by atoms with Gasteiger partial charge in [-0.3, -0.25) is 4.79 Å². The van der Waals surface area contributed by atoms with Crippen LogP contribution in [0.2, 0.25) is 0 Å². The third-order valence-electron chi connectivity index (χ3n) is 2.64. The van der Waals surface area contributed by atoms with Crippen LogP contribution >= 0.6 is 11.8 Å². The lowest BCUT2D eigenvalue weighted by atomic mass is 10.1. The van der Waals surface area contributed by atoms with Crippen LogP contribution in [0, 0.1) is 5.92 Å². The summed E-state index contributed by atoms with van der Waals surface area (Å²) in [6, 6.07) is 0. The Labute approximate surface area is 109 Å². The monoisotopic (exact) mass is 290 g/mol. The van der Waals surface area contributed by atoms with Gasteiger partial charge in [0.05, 0.1) is 17.3 Å². The summed E-state index contributed by atoms with van der Waals surface area (Å²) in [5, 5.41) is 8.04. The molecule has 0 aliphatic carbocycles. The highest BCUT2D eigenvalue weighted by atomic mass is 32.2. The van der Waals surface area contributed by atoms with Crippen LogP contribution < -0.4 is 0 Å². The highest BCUT2D eigenvalue weighted by molar-refractivity contribution is 7.99. The maximum atomic E-state index is 11.3. The molecule has 1 fully saturated rings. The van der Waals surface area contributed by atoms with Crippen molar-refractivity contribution in [3.8, 4) is 0 Å². The maximum Gasteiger partial charge on any atom is 0.277 e. The Morgan fingerprint density at radius 1 is 1.50 bits per heavy atom. The molecule has 1 aliphatic rings. The lowest BCUT2D eigenvalue weighted by molar-refractivity contribution is -0.114. The smallest absolute Gasteiger partial charge is 0.277 e. The Bertz CT molecular complexity index is 538. The molecule has 18 heavy (non-hydrogen) atoms. The SMILES string of the molecule is CC(=O)CSc1nnc(C[C@@H]2CCS(=O)(=O)C2)o1. The molecule has 0 unspecified atom stereocenters. The topological polar surface area (TPSA) is 90.1 Å². The van der Waals surface area contributed by atoms with Crippen molar-refractivity contribution in [3.05, 3.63) is 5.89 Å². The second kappa shape index (κ2) is 5.40. The predicted octanol–water partition coefficient (Wildman–Crippen LogP) is 0.728. The highest BCUT2D eigenvalue weighted by Crippen LogP contribution is 2.23. The Balaban J connectivity index is 1.89. The van der Waals surface area contributed by atoms with Crippen LogP contribution in [0.3, 0.4) is 0 Å². The number of thioether (sulfide) groups is 1. The summed E-state index contributed by atoms with van der Waals surface area (Å²) >= 11 is 1.20. The number of aromatic nitrogens is 2. The number of nitrogens with zero attached hydrogens (tertiary/aromatic N) is 2. The lowest BCUT2D eigenvalue weighted by Crippen LogP contribution is -2.07. The minimum absolute atomic E-state index is 0.0432. The van der Waals surface area contributed by atoms with Crippen LogP contribution in [0.15, 0.2) is 9.64 Å². The van der Waals surface area contributed by atoms with Gasteiger partial charge in [-0.05, 0) is 19.3 Å². The van der Waals surface area contributed by atoms with Crippen LogP contribution in [0.5, 0.6) is 0 Å². The molecular weight excluding hydrogens is 276 g/mol. The summed E-state index contributed by atoms with van der Waals surface area (Å²) in [6.07, 6.45) is 1.15. The second-order valence-electron chi connectivity index (χ2n) is 4.43. The number of hydrogen-bond donors (Lipinski definition) is 0. The Hall–Kier alpha value is -0.890. The highest BCUT2D eigenvalue weighted by Gasteiger charge is 2.29. The number of sulfone groups is 1. The first-order valence-corrected chi connectivity index (χ1v) is 8.40. The zero-order valence-electron chi connectivity index (χ0n) is 9.96. The van der Waals surface area contributed by atoms with E-state index in [9.17, 15) is 13.2 Å². The first-order valence-electron chi connectivity index (χ1n) is 5.59. The number of hydrogen-bond acceptors (Lipinski definition) is 7. The van der Waals surface area contributed by atoms with E-state index in [1.54, 1.807) is 0 Å². The van der Waals surface area contributed by atoms with Gasteiger partial charge in [0.2, 0.25) is 5.89 Å². The van der Waals surface area contributed by atoms with Gasteiger partial charge in [-0.1, -0.05) is 11.8 Å². The first-order chi connectivity index (χ1) is 8.44. The molecule has 1 aromatic rings. The second-order valence-corrected chi connectivity index (χ2v) is 7.58. The average Bonchev–Trinajstić information content (AvgIpc) is 2.83. The normalized spacial score (nSPS) is 22.2. The minimum atomic E-state index is -2.87. The summed E-state index contributed by atoms with van der Waals surface area (Å²) in [5.74, 6) is 1.31. The third-order valence-corrected chi connectivity index (χ3v) is 5.44. The van der Waals surface area contributed by atoms with Gasteiger partial charge in [0.15, 0.2) is 9.84 Å². The summed E-state index contributed by atoms with van der Waals surface area (Å²) in [6.45, 7) is 1.49. The van der Waals surface area contributed by atoms with Crippen LogP contribution in [-0.2, 0) is 21.1 Å². The molecule has 6 nitrogen and oxygen atoms in total. The predicted molar refractivity (Wildman–Crippen MR) is 66.2 cm³/mol. The molecule has 8 heteroatoms. The van der Waals surface area contributed by atoms with Crippen molar-refractivity contribution >= 4 is 27.4 Å². The molecule has 0 N–H and O–H groups in total. The molecule has 1 atom stereocenters. The third kappa shape index (κ3) is 3.81. The zero-order valence-corrected chi connectivity index (χ0v) is 11.6. The number of rotatable bonds is 5. The van der Waals surface area contributed by atoms with Crippen molar-refractivity contribution in [2.24, 2.45) is 5.92 Å². The van der Waals surface area contributed by atoms with Gasteiger partial charge in [0, 0.05) is 6.42 Å². The summed E-state index contributed by atoms with van der Waals surface area (Å²) in [5.41, 5.74) is 0. The van der Waals surface area contributed by atoms with Crippen molar-refractivity contribution in [1.82, 2.24) is 10.2 Å². The van der Waals surface area contributed by atoms with Crippen molar-refractivity contribution in [1.29, 1.82) is 0 Å². The maximum absolute atomic E-state index is 11.3. The van der Waals surface area contributed by atoms with E-state index in [4.69, 9.17) is 4.42 Å². The molecular formula is C10H14N2O4S2. The van der Waals surface area contributed by atoms with E-state index >= 15 is 0 Å². The molecule has 0 aromatic carbocycles. The fourth-order valence-corrected chi connectivity index (χ4v) is 4.26. The lowest BCUT2D eigenvalue weighted by Gasteiger charge is -2.01. The Kier molecular flexibility index (Phi) is 4.06. The van der Waals surface area contributed by atoms with Crippen LogP contribution in [0.25, 0.3) is 0 Å². The fraction of sp³-hybridized carbons (Fsp3) is 0.700. The summed E-state index contributed by atoms with van der Waals surface area (Å²) in [7, 11) is -2.87. The van der Waals surface area contributed by atoms with Crippen molar-refractivity contribution in [2.75, 3.05) is 17.3 Å². The van der Waals surface area contributed by atoms with E-state index in [-0.39, 0.29) is 23.2 Å². The van der Waals surface area contributed by atoms with E-state index in [2.05, 4.69) is 10.2 Å². The van der Waals surface area contributed by atoms with Gasteiger partial charge >= 0.3 is 0 Å². The standard InChI is InChI=1S/C10H14N2O4S2/c1-7(13)5-17-10-12-11-9(16-10)4-8-2-3-18(14,15)6-8/h8H,2-6H2,1H3/t8-/m0/s1. The molecule has 0 bridgehead atoms. The molecule has 1 aliphatic heterocycles. The molecule has 2 heterocycles. The zero-order chi connectivity index (χ0) is 13.2. The molecule has 100 valence electrons. The van der Waals surface area contributed by atoms with Gasteiger partial charge in [-0.15, -0.1) is 10.2 Å². The van der Waals surface area contributed by atoms with Crippen LogP contribution in [-0.4, -0.2) is 41.7 Å². The number of carbonyl (C=O) groups excluding carboxylic acids is 1. The summed E-state index contributed by atoms with van der Waals surface area (Å²) in [4.78, 5) is 10.8. The van der Waals surface area contributed by atoms with Gasteiger partial charge in [-0.25, -0.2) is 8.42 Å². The number of Topliss-reactive ketones (excluding diaryl/α,β-unsaturated/α-hetero) is 1. The molecule has 1 aromatic heterocycles. The van der Waals surface area contributed by atoms with Gasteiger partial charge in [0.25, 0.3) is 5.22 Å². The Morgan fingerprint density at radius 2 is 2.28 bits per heavy atom. The van der Waals surface area contributed by atoms with Crippen LogP contribution in [0.4, 0.5) is 0 Å². The largest absolute Gasteiger partial charge is 0.416 e. The van der Waals surface area contributed by atoms with E-state index in [1.807, 2.05) is 0 Å². The fourth-order valence-electron chi connectivity index (χ4n) is 1.82.